The normalized spacial score (nSPS) is 30.4. The Bertz CT molecular complexity index is 583. The van der Waals surface area contributed by atoms with Gasteiger partial charge < -0.3 is 15.3 Å². The van der Waals surface area contributed by atoms with E-state index >= 15 is 0 Å². The molecule has 114 valence electrons. The summed E-state index contributed by atoms with van der Waals surface area (Å²) in [6, 6.07) is 0. The molecule has 1 aliphatic rings. The van der Waals surface area contributed by atoms with Gasteiger partial charge in [0.05, 0.1) is 0 Å². The van der Waals surface area contributed by atoms with Crippen molar-refractivity contribution in [2.75, 3.05) is 0 Å². The Morgan fingerprint density at radius 1 is 1.33 bits per heavy atom. The van der Waals surface area contributed by atoms with E-state index in [4.69, 9.17) is 5.11 Å². The van der Waals surface area contributed by atoms with Crippen molar-refractivity contribution in [3.63, 3.8) is 0 Å². The maximum absolute atomic E-state index is 11.6. The largest absolute Gasteiger partial charge is 0.481 e. The number of rotatable bonds is 4. The third-order valence-corrected chi connectivity index (χ3v) is 3.76. The van der Waals surface area contributed by atoms with Gasteiger partial charge in [-0.1, -0.05) is 6.08 Å². The third-order valence-electron chi connectivity index (χ3n) is 3.76. The van der Waals surface area contributed by atoms with Gasteiger partial charge in [0.15, 0.2) is 5.78 Å². The molecule has 0 aliphatic heterocycles. The van der Waals surface area contributed by atoms with E-state index in [9.17, 15) is 24.6 Å². The van der Waals surface area contributed by atoms with Crippen LogP contribution in [0.1, 0.15) is 27.2 Å². The monoisotopic (exact) mass is 294 g/mol. The van der Waals surface area contributed by atoms with Gasteiger partial charge in [-0.15, -0.1) is 0 Å². The number of ketones is 1. The van der Waals surface area contributed by atoms with E-state index < -0.39 is 23.0 Å². The average molecular weight is 294 g/mol. The number of allylic oxidation sites excluding steroid dienone is 3. The van der Waals surface area contributed by atoms with Crippen LogP contribution in [0.5, 0.6) is 0 Å². The Kier molecular flexibility index (Phi) is 4.53. The molecule has 0 spiro atoms. The first kappa shape index (κ1) is 16.8. The molecule has 6 nitrogen and oxygen atoms in total. The molecule has 1 aliphatic carbocycles. The maximum atomic E-state index is 11.6. The predicted octanol–water partition coefficient (Wildman–Crippen LogP) is 1.31. The van der Waals surface area contributed by atoms with Crippen LogP contribution < -0.4 is 0 Å². The molecular weight excluding hydrogens is 276 g/mol. The first-order chi connectivity index (χ1) is 9.53. The molecule has 0 bridgehead atoms. The van der Waals surface area contributed by atoms with E-state index in [1.165, 1.54) is 39.0 Å². The fourth-order valence-electron chi connectivity index (χ4n) is 2.37. The van der Waals surface area contributed by atoms with Crippen molar-refractivity contribution in [2.45, 2.75) is 32.8 Å². The molecule has 0 saturated carbocycles. The van der Waals surface area contributed by atoms with Gasteiger partial charge in [0.25, 0.3) is 0 Å². The molecule has 0 radical (unpaired) electrons. The summed E-state index contributed by atoms with van der Waals surface area (Å²) in [5.41, 5.74) is -3.01. The second kappa shape index (κ2) is 5.65. The van der Waals surface area contributed by atoms with Crippen LogP contribution in [0.15, 0.2) is 35.5 Å². The lowest BCUT2D eigenvalue weighted by Crippen LogP contribution is -2.54. The van der Waals surface area contributed by atoms with Crippen LogP contribution in [0.2, 0.25) is 0 Å². The highest BCUT2D eigenvalue weighted by molar-refractivity contribution is 5.97. The van der Waals surface area contributed by atoms with E-state index in [-0.39, 0.29) is 17.8 Å². The number of hydrogen-bond acceptors (Lipinski definition) is 4. The van der Waals surface area contributed by atoms with E-state index in [2.05, 4.69) is 0 Å². The van der Waals surface area contributed by atoms with Gasteiger partial charge in [-0.3, -0.25) is 9.59 Å². The summed E-state index contributed by atoms with van der Waals surface area (Å²) < 4.78 is 0. The highest BCUT2D eigenvalue weighted by Gasteiger charge is 2.55. The summed E-state index contributed by atoms with van der Waals surface area (Å²) in [6.07, 6.45) is 4.38. The second-order valence-electron chi connectivity index (χ2n) is 5.43. The van der Waals surface area contributed by atoms with Gasteiger partial charge in [-0.2, -0.15) is 0 Å². The number of carbonyl (C=O) groups is 3. The topological polar surface area (TPSA) is 112 Å². The smallest absolute Gasteiger partial charge is 0.328 e. The molecule has 0 aromatic heterocycles. The second-order valence-corrected chi connectivity index (χ2v) is 5.43. The number of carboxylic acids is 2. The van der Waals surface area contributed by atoms with Gasteiger partial charge in [-0.05, 0) is 44.1 Å². The Morgan fingerprint density at radius 3 is 2.38 bits per heavy atom. The number of carboxylic acid groups (broad SMARTS) is 2. The van der Waals surface area contributed by atoms with Gasteiger partial charge >= 0.3 is 11.9 Å². The summed E-state index contributed by atoms with van der Waals surface area (Å²) in [6.45, 7) is 4.28. The van der Waals surface area contributed by atoms with Crippen LogP contribution in [-0.4, -0.2) is 38.6 Å². The zero-order valence-electron chi connectivity index (χ0n) is 12.1. The number of hydrogen-bond donors (Lipinski definition) is 3. The molecule has 0 saturated heterocycles. The molecular formula is C15H18O6. The molecule has 0 aromatic carbocycles. The highest BCUT2D eigenvalue weighted by atomic mass is 16.4. The van der Waals surface area contributed by atoms with Gasteiger partial charge in [0, 0.05) is 12.5 Å². The minimum Gasteiger partial charge on any atom is -0.481 e. The maximum Gasteiger partial charge on any atom is 0.328 e. The molecule has 2 atom stereocenters. The zero-order valence-corrected chi connectivity index (χ0v) is 12.1. The molecule has 21 heavy (non-hydrogen) atoms. The minimum absolute atomic E-state index is 0.211. The molecule has 3 N–H and O–H groups in total. The first-order valence-electron chi connectivity index (χ1n) is 6.31. The van der Waals surface area contributed by atoms with Crippen LogP contribution in [0.3, 0.4) is 0 Å². The summed E-state index contributed by atoms with van der Waals surface area (Å²) in [7, 11) is 0. The standard InChI is InChI=1S/C15H18O6/c1-9(6-12(17)18)4-5-15(21)10(2)7-11(16)8-14(15,3)13(19)20/h4-7,21H,8H2,1-3H3,(H,17,18)(H,19,20)/b5-4+,9-6-/t14-,15-/m1/s1. The molecule has 0 fully saturated rings. The lowest BCUT2D eigenvalue weighted by molar-refractivity contribution is -0.162. The zero-order chi connectivity index (χ0) is 16.4. The van der Waals surface area contributed by atoms with Crippen LogP contribution in [0.25, 0.3) is 0 Å². The lowest BCUT2D eigenvalue weighted by Gasteiger charge is -2.43. The SMILES string of the molecule is CC1=CC(=O)C[C@](C)(C(=O)O)[C@@]1(O)/C=C/C(C)=C\C(=O)O. The molecule has 0 heterocycles. The molecule has 0 aromatic rings. The predicted molar refractivity (Wildman–Crippen MR) is 74.6 cm³/mol. The van der Waals surface area contributed by atoms with E-state index in [0.717, 1.165) is 6.08 Å². The van der Waals surface area contributed by atoms with Crippen LogP contribution in [0.4, 0.5) is 0 Å². The van der Waals surface area contributed by atoms with Crippen molar-refractivity contribution in [1.29, 1.82) is 0 Å². The van der Waals surface area contributed by atoms with Crippen molar-refractivity contribution in [3.05, 3.63) is 35.5 Å². The summed E-state index contributed by atoms with van der Waals surface area (Å²) in [5, 5.41) is 28.8. The number of aliphatic hydroxyl groups is 1. The summed E-state index contributed by atoms with van der Waals surface area (Å²) in [5.74, 6) is -2.81. The Balaban J connectivity index is 3.34. The Labute approximate surface area is 122 Å². The van der Waals surface area contributed by atoms with Crippen LogP contribution in [-0.2, 0) is 14.4 Å². The fraction of sp³-hybridized carbons (Fsp3) is 0.400. The third kappa shape index (κ3) is 3.11. The molecule has 0 unspecified atom stereocenters. The number of aliphatic carboxylic acids is 2. The molecule has 1 rings (SSSR count). The Hall–Kier alpha value is -2.21. The fourth-order valence-corrected chi connectivity index (χ4v) is 2.37. The first-order valence-corrected chi connectivity index (χ1v) is 6.31. The van der Waals surface area contributed by atoms with Gasteiger partial charge in [0.1, 0.15) is 11.0 Å². The van der Waals surface area contributed by atoms with Crippen molar-refractivity contribution < 1.29 is 29.7 Å². The van der Waals surface area contributed by atoms with Crippen LogP contribution >= 0.6 is 0 Å². The summed E-state index contributed by atoms with van der Waals surface area (Å²) >= 11 is 0. The quantitative estimate of drug-likeness (QED) is 0.532. The lowest BCUT2D eigenvalue weighted by atomic mass is 9.63. The minimum atomic E-state index is -1.86. The van der Waals surface area contributed by atoms with Crippen molar-refractivity contribution in [2.24, 2.45) is 5.41 Å². The highest BCUT2D eigenvalue weighted by Crippen LogP contribution is 2.44. The van der Waals surface area contributed by atoms with Crippen LogP contribution in [0, 0.1) is 5.41 Å². The van der Waals surface area contributed by atoms with E-state index in [0.29, 0.717) is 5.57 Å². The van der Waals surface area contributed by atoms with Gasteiger partial charge in [-0.25, -0.2) is 4.79 Å². The summed E-state index contributed by atoms with van der Waals surface area (Å²) in [4.78, 5) is 33.7. The number of carbonyl (C=O) groups excluding carboxylic acids is 1. The van der Waals surface area contributed by atoms with Crippen molar-refractivity contribution in [3.8, 4) is 0 Å². The average Bonchev–Trinajstić information content (AvgIpc) is 2.32. The van der Waals surface area contributed by atoms with Gasteiger partial charge in [0.2, 0.25) is 0 Å². The Morgan fingerprint density at radius 2 is 1.90 bits per heavy atom. The van der Waals surface area contributed by atoms with E-state index in [1.54, 1.807) is 0 Å². The van der Waals surface area contributed by atoms with Crippen molar-refractivity contribution >= 4 is 17.7 Å². The van der Waals surface area contributed by atoms with E-state index in [1.807, 2.05) is 0 Å². The molecule has 6 heteroatoms. The molecule has 0 amide bonds. The van der Waals surface area contributed by atoms with Crippen molar-refractivity contribution in [1.82, 2.24) is 0 Å².